The molecule has 0 saturated carbocycles. The third-order valence-corrected chi connectivity index (χ3v) is 12.3. The number of rotatable bonds is 16. The first kappa shape index (κ1) is 50.2. The van der Waals surface area contributed by atoms with E-state index in [2.05, 4.69) is 36.9 Å². The monoisotopic (exact) mass is 920 g/mol. The van der Waals surface area contributed by atoms with Crippen LogP contribution in [-0.2, 0) is 52.9 Å². The van der Waals surface area contributed by atoms with Crippen LogP contribution in [0.15, 0.2) is 91.1 Å². The van der Waals surface area contributed by atoms with Crippen molar-refractivity contribution in [2.75, 3.05) is 102 Å². The highest BCUT2D eigenvalue weighted by Crippen LogP contribution is 2.26. The summed E-state index contributed by atoms with van der Waals surface area (Å²) in [6.45, 7) is 8.53. The number of carbonyl (C=O) groups is 3. The summed E-state index contributed by atoms with van der Waals surface area (Å²) < 4.78 is 29.6. The minimum Gasteiger partial charge on any atom is -0.464 e. The number of para-hydroxylation sites is 1. The van der Waals surface area contributed by atoms with Gasteiger partial charge in [-0.15, -0.1) is 0 Å². The topological polar surface area (TPSA) is 145 Å². The third-order valence-electron chi connectivity index (χ3n) is 11.1. The highest BCUT2D eigenvalue weighted by atomic mass is 32.2. The van der Waals surface area contributed by atoms with Crippen molar-refractivity contribution >= 4 is 35.2 Å². The van der Waals surface area contributed by atoms with Gasteiger partial charge in [-0.2, -0.15) is 11.8 Å². The Morgan fingerprint density at radius 2 is 1.44 bits per heavy atom. The van der Waals surface area contributed by atoms with Gasteiger partial charge in [0.1, 0.15) is 5.69 Å². The molecule has 0 aliphatic carbocycles. The summed E-state index contributed by atoms with van der Waals surface area (Å²) in [4.78, 5) is 53.8. The second-order valence-corrected chi connectivity index (χ2v) is 17.2. The largest absolute Gasteiger partial charge is 0.464 e. The van der Waals surface area contributed by atoms with Crippen molar-refractivity contribution in [2.24, 2.45) is 0 Å². The summed E-state index contributed by atoms with van der Waals surface area (Å²) in [6.07, 6.45) is 4.80. The van der Waals surface area contributed by atoms with Crippen molar-refractivity contribution in [1.29, 1.82) is 0 Å². The Kier molecular flexibility index (Phi) is 21.9. The van der Waals surface area contributed by atoms with Crippen molar-refractivity contribution < 1.29 is 38.1 Å². The van der Waals surface area contributed by atoms with E-state index in [0.717, 1.165) is 77.6 Å². The minimum atomic E-state index is -0.466. The molecule has 2 amide bonds. The Labute approximate surface area is 394 Å². The predicted molar refractivity (Wildman–Crippen MR) is 256 cm³/mol. The molecule has 0 bridgehead atoms. The number of nitrogens with zero attached hydrogens (tertiary/aromatic N) is 5. The number of nitrogens with one attached hydrogen (secondary N) is 1. The number of benzene rings is 2. The van der Waals surface area contributed by atoms with Crippen LogP contribution in [0.2, 0.25) is 0 Å². The normalized spacial score (nSPS) is 17.0. The molecule has 2 aromatic carbocycles. The van der Waals surface area contributed by atoms with Crippen LogP contribution in [0.25, 0.3) is 0 Å². The fourth-order valence-corrected chi connectivity index (χ4v) is 8.52. The van der Waals surface area contributed by atoms with Crippen molar-refractivity contribution in [2.45, 2.75) is 57.8 Å². The number of unbranched alkanes of at least 4 members (excludes halogenated alkanes) is 2. The summed E-state index contributed by atoms with van der Waals surface area (Å²) in [6, 6.07) is 26.9. The number of hydrogen-bond acceptors (Lipinski definition) is 13. The number of carbonyl (C=O) groups excluding carboxylic acids is 3. The van der Waals surface area contributed by atoms with Crippen LogP contribution in [-0.4, -0.2) is 141 Å². The lowest BCUT2D eigenvalue weighted by molar-refractivity contribution is -0.125. The first-order valence-electron chi connectivity index (χ1n) is 23.0. The van der Waals surface area contributed by atoms with Gasteiger partial charge in [-0.3, -0.25) is 24.4 Å². The van der Waals surface area contributed by atoms with Crippen LogP contribution in [0, 0.1) is 11.8 Å². The van der Waals surface area contributed by atoms with Gasteiger partial charge in [-0.1, -0.05) is 60.7 Å². The molecular formula is C51H64N6O8S. The van der Waals surface area contributed by atoms with Crippen molar-refractivity contribution in [3.63, 3.8) is 0 Å². The highest BCUT2D eigenvalue weighted by molar-refractivity contribution is 7.99. The maximum atomic E-state index is 13.5. The van der Waals surface area contributed by atoms with Crippen LogP contribution in [0.1, 0.15) is 70.7 Å². The zero-order valence-corrected chi connectivity index (χ0v) is 39.0. The molecule has 15 heteroatoms. The van der Waals surface area contributed by atoms with Gasteiger partial charge in [0, 0.05) is 81.7 Å². The molecule has 66 heavy (non-hydrogen) atoms. The maximum Gasteiger partial charge on any atom is 0.356 e. The predicted octanol–water partition coefficient (Wildman–Crippen LogP) is 5.76. The van der Waals surface area contributed by atoms with Gasteiger partial charge in [-0.25, -0.2) is 9.78 Å². The van der Waals surface area contributed by atoms with E-state index in [9.17, 15) is 14.4 Å². The average molecular weight is 921 g/mol. The van der Waals surface area contributed by atoms with Gasteiger partial charge in [0.2, 0.25) is 11.8 Å². The number of pyridine rings is 2. The van der Waals surface area contributed by atoms with E-state index in [-0.39, 0.29) is 36.5 Å². The molecule has 2 aromatic heterocycles. The van der Waals surface area contributed by atoms with E-state index in [1.807, 2.05) is 96.8 Å². The number of fused-ring (bicyclic) bond motifs is 2. The van der Waals surface area contributed by atoms with Crippen LogP contribution in [0.5, 0.6) is 0 Å². The summed E-state index contributed by atoms with van der Waals surface area (Å²) >= 11 is 1.85. The molecule has 2 aliphatic rings. The highest BCUT2D eigenvalue weighted by Gasteiger charge is 2.22. The average Bonchev–Trinajstić information content (AvgIpc) is 3.33. The molecule has 1 fully saturated rings. The standard InChI is InChI=1S/C51H64N6O8S/c1-61-51(60)47-17-11-16-45(54-47)38-55-25-29-62-33-34-63-30-26-56(37-44-15-7-9-23-52-44)28-32-65-46(39-64-31-27-55)40-66-35-10-2-8-24-53-49(58)21-22-50(59)57-36-43-14-4-3-12-41(43)19-20-42-13-5-6-18-48(42)57/h3-7,9,11-18,23,46H,2,8,10,21-22,24-40H2,1H3,(H,53,58)/t46-/m0/s1. The SMILES string of the molecule is COC(=O)c1cccc(CN2CCOCCOCCN(Cc3ccccn3)CCO[C@H](CSCCCCCNC(=O)CCC(=O)N3Cc4ccccc4C#Cc4ccccc43)COCC2)n1. The lowest BCUT2D eigenvalue weighted by Gasteiger charge is -2.26. The molecule has 1 N–H and O–H groups in total. The molecular weight excluding hydrogens is 857 g/mol. The van der Waals surface area contributed by atoms with Crippen molar-refractivity contribution in [3.8, 4) is 11.8 Å². The molecule has 6 rings (SSSR count). The fourth-order valence-electron chi connectivity index (χ4n) is 7.49. The first-order valence-corrected chi connectivity index (χ1v) is 24.2. The van der Waals surface area contributed by atoms with Gasteiger partial charge in [0.05, 0.1) is 83.1 Å². The molecule has 1 saturated heterocycles. The Morgan fingerprint density at radius 1 is 0.742 bits per heavy atom. The van der Waals surface area contributed by atoms with Gasteiger partial charge < -0.3 is 33.9 Å². The fraction of sp³-hybridized carbons (Fsp3) is 0.471. The smallest absolute Gasteiger partial charge is 0.356 e. The number of ether oxygens (including phenoxy) is 5. The number of hydrogen-bond donors (Lipinski definition) is 1. The molecule has 0 radical (unpaired) electrons. The van der Waals surface area contributed by atoms with Crippen LogP contribution in [0.4, 0.5) is 5.69 Å². The molecule has 1 atom stereocenters. The first-order chi connectivity index (χ1) is 32.4. The summed E-state index contributed by atoms with van der Waals surface area (Å²) in [7, 11) is 1.35. The Hall–Kier alpha value is -5.18. The van der Waals surface area contributed by atoms with E-state index >= 15 is 0 Å². The lowest BCUT2D eigenvalue weighted by atomic mass is 10.0. The number of amides is 2. The van der Waals surface area contributed by atoms with Gasteiger partial charge in [-0.05, 0) is 66.6 Å². The number of methoxy groups -OCH3 is 1. The van der Waals surface area contributed by atoms with E-state index in [0.29, 0.717) is 85.5 Å². The number of anilines is 1. The van der Waals surface area contributed by atoms with E-state index < -0.39 is 5.97 Å². The van der Waals surface area contributed by atoms with Crippen molar-refractivity contribution in [1.82, 2.24) is 25.1 Å². The number of esters is 1. The summed E-state index contributed by atoms with van der Waals surface area (Å²) in [5.74, 6) is 7.54. The molecule has 14 nitrogen and oxygen atoms in total. The van der Waals surface area contributed by atoms with Crippen LogP contribution >= 0.6 is 11.8 Å². The van der Waals surface area contributed by atoms with Crippen molar-refractivity contribution in [3.05, 3.63) is 125 Å². The van der Waals surface area contributed by atoms with Crippen LogP contribution in [0.3, 0.4) is 0 Å². The quantitative estimate of drug-likeness (QED) is 0.0827. The maximum absolute atomic E-state index is 13.5. The molecule has 352 valence electrons. The Morgan fingerprint density at radius 3 is 2.23 bits per heavy atom. The Balaban J connectivity index is 0.931. The van der Waals surface area contributed by atoms with Gasteiger partial charge >= 0.3 is 5.97 Å². The number of thioether (sulfide) groups is 1. The second-order valence-electron chi connectivity index (χ2n) is 16.1. The summed E-state index contributed by atoms with van der Waals surface area (Å²) in [5.41, 5.74) is 5.50. The zero-order chi connectivity index (χ0) is 46.0. The van der Waals surface area contributed by atoms with E-state index in [1.165, 1.54) is 7.11 Å². The molecule has 0 unspecified atom stereocenters. The molecule has 2 aliphatic heterocycles. The van der Waals surface area contributed by atoms with Gasteiger partial charge in [0.25, 0.3) is 0 Å². The lowest BCUT2D eigenvalue weighted by Crippen LogP contribution is -2.35. The Bertz CT molecular complexity index is 2170. The molecule has 4 heterocycles. The zero-order valence-electron chi connectivity index (χ0n) is 38.2. The second kappa shape index (κ2) is 28.8. The molecule has 4 aromatic rings. The summed E-state index contributed by atoms with van der Waals surface area (Å²) in [5, 5.41) is 3.02. The third kappa shape index (κ3) is 17.6. The van der Waals surface area contributed by atoms with Crippen LogP contribution < -0.4 is 10.2 Å². The van der Waals surface area contributed by atoms with E-state index in [4.69, 9.17) is 23.7 Å². The molecule has 0 spiro atoms. The van der Waals surface area contributed by atoms with Gasteiger partial charge in [0.15, 0.2) is 0 Å². The minimum absolute atomic E-state index is 0.0996. The number of aromatic nitrogens is 2. The van der Waals surface area contributed by atoms with E-state index in [1.54, 1.807) is 11.0 Å².